The minimum Gasteiger partial charge on any atom is -0.463 e. The normalized spacial score (nSPS) is 16.4. The van der Waals surface area contributed by atoms with Crippen LogP contribution in [0.15, 0.2) is 67.7 Å². The summed E-state index contributed by atoms with van der Waals surface area (Å²) in [6, 6.07) is 11.4. The molecule has 0 radical (unpaired) electrons. The molecule has 1 aliphatic rings. The number of aromatic nitrogens is 1. The maximum atomic E-state index is 13.4. The van der Waals surface area contributed by atoms with Gasteiger partial charge in [0.25, 0.3) is 5.56 Å². The largest absolute Gasteiger partial charge is 0.463 e. The number of esters is 1. The number of nitrogens with zero attached hydrogens (tertiary/aromatic N) is 2. The molecular formula is C22H20N2O3S3. The van der Waals surface area contributed by atoms with Crippen LogP contribution in [0.3, 0.4) is 0 Å². The van der Waals surface area contributed by atoms with E-state index in [2.05, 4.69) is 4.99 Å². The van der Waals surface area contributed by atoms with E-state index in [1.807, 2.05) is 54.1 Å². The van der Waals surface area contributed by atoms with Gasteiger partial charge in [-0.15, -0.1) is 23.1 Å². The standard InChI is InChI=1S/C22H20N2O3S3/c1-4-27-21(26)18-13(2)23-22-24(19(18)16-6-5-11-29-16)20(25)17(30-22)12-14-7-9-15(28-3)10-8-14/h5-12,19H,4H2,1-3H3/b17-12-/t19-/m1/s1. The van der Waals surface area contributed by atoms with Gasteiger partial charge in [0.05, 0.1) is 22.4 Å². The first-order valence-electron chi connectivity index (χ1n) is 9.40. The van der Waals surface area contributed by atoms with E-state index < -0.39 is 12.0 Å². The Hall–Kier alpha value is -2.42. The lowest BCUT2D eigenvalue weighted by Crippen LogP contribution is -2.39. The third-order valence-corrected chi connectivity index (χ3v) is 7.39. The van der Waals surface area contributed by atoms with Crippen molar-refractivity contribution in [3.63, 3.8) is 0 Å². The van der Waals surface area contributed by atoms with Crippen LogP contribution in [0.4, 0.5) is 0 Å². The Kier molecular flexibility index (Phi) is 6.08. The van der Waals surface area contributed by atoms with Gasteiger partial charge in [0.2, 0.25) is 0 Å². The second-order valence-corrected chi connectivity index (χ2v) is 9.46. The number of allylic oxidation sites excluding steroid dienone is 1. The number of hydrogen-bond acceptors (Lipinski definition) is 7. The molecule has 0 saturated heterocycles. The van der Waals surface area contributed by atoms with Crippen LogP contribution in [0.25, 0.3) is 6.08 Å². The zero-order valence-corrected chi connectivity index (χ0v) is 19.2. The van der Waals surface area contributed by atoms with Gasteiger partial charge in [-0.1, -0.05) is 29.5 Å². The van der Waals surface area contributed by atoms with E-state index in [0.717, 1.165) is 10.4 Å². The van der Waals surface area contributed by atoms with Crippen LogP contribution in [0.1, 0.15) is 30.3 Å². The molecule has 2 aromatic heterocycles. The van der Waals surface area contributed by atoms with Crippen LogP contribution < -0.4 is 14.9 Å². The third kappa shape index (κ3) is 3.82. The molecule has 3 heterocycles. The SMILES string of the molecule is CCOC(=O)C1=C(C)N=c2s/c(=C\c3ccc(SC)cc3)c(=O)n2[C@@H]1c1cccs1. The zero-order chi connectivity index (χ0) is 21.3. The Morgan fingerprint density at radius 2 is 2.07 bits per heavy atom. The second-order valence-electron chi connectivity index (χ2n) is 6.59. The van der Waals surface area contributed by atoms with Crippen LogP contribution in [0.2, 0.25) is 0 Å². The lowest BCUT2D eigenvalue weighted by atomic mass is 10.0. The quantitative estimate of drug-likeness (QED) is 0.435. The van der Waals surface area contributed by atoms with E-state index in [0.29, 0.717) is 20.6 Å². The van der Waals surface area contributed by atoms with E-state index in [1.54, 1.807) is 30.2 Å². The van der Waals surface area contributed by atoms with E-state index >= 15 is 0 Å². The number of benzene rings is 1. The molecule has 0 N–H and O–H groups in total. The van der Waals surface area contributed by atoms with Gasteiger partial charge >= 0.3 is 5.97 Å². The average molecular weight is 457 g/mol. The lowest BCUT2D eigenvalue weighted by molar-refractivity contribution is -0.139. The molecule has 1 aliphatic heterocycles. The van der Waals surface area contributed by atoms with Crippen LogP contribution in [0, 0.1) is 0 Å². The summed E-state index contributed by atoms with van der Waals surface area (Å²) in [6.45, 7) is 3.83. The molecule has 0 amide bonds. The number of carbonyl (C=O) groups is 1. The number of rotatable bonds is 5. The number of thioether (sulfide) groups is 1. The Morgan fingerprint density at radius 3 is 2.70 bits per heavy atom. The first-order chi connectivity index (χ1) is 14.5. The maximum absolute atomic E-state index is 13.4. The molecule has 0 fully saturated rings. The summed E-state index contributed by atoms with van der Waals surface area (Å²) < 4.78 is 7.50. The first-order valence-corrected chi connectivity index (χ1v) is 12.3. The molecule has 0 bridgehead atoms. The Morgan fingerprint density at radius 1 is 1.30 bits per heavy atom. The molecule has 4 rings (SSSR count). The predicted octanol–water partition coefficient (Wildman–Crippen LogP) is 3.58. The number of thiazole rings is 1. The number of ether oxygens (including phenoxy) is 1. The molecule has 0 aliphatic carbocycles. The van der Waals surface area contributed by atoms with Crippen molar-refractivity contribution in [2.24, 2.45) is 4.99 Å². The van der Waals surface area contributed by atoms with Gasteiger partial charge in [0.15, 0.2) is 4.80 Å². The van der Waals surface area contributed by atoms with Gasteiger partial charge in [0, 0.05) is 9.77 Å². The molecular weight excluding hydrogens is 436 g/mol. The van der Waals surface area contributed by atoms with Crippen LogP contribution in [0.5, 0.6) is 0 Å². The van der Waals surface area contributed by atoms with Crippen molar-refractivity contribution >= 4 is 46.5 Å². The molecule has 1 aromatic carbocycles. The molecule has 0 saturated carbocycles. The van der Waals surface area contributed by atoms with E-state index in [9.17, 15) is 9.59 Å². The highest BCUT2D eigenvalue weighted by Gasteiger charge is 2.33. The van der Waals surface area contributed by atoms with Crippen molar-refractivity contribution < 1.29 is 9.53 Å². The highest BCUT2D eigenvalue weighted by atomic mass is 32.2. The van der Waals surface area contributed by atoms with Crippen molar-refractivity contribution in [2.45, 2.75) is 24.8 Å². The van der Waals surface area contributed by atoms with E-state index in [-0.39, 0.29) is 12.2 Å². The Labute approximate surface area is 186 Å². The Bertz CT molecular complexity index is 1280. The van der Waals surface area contributed by atoms with Crippen molar-refractivity contribution in [1.29, 1.82) is 0 Å². The van der Waals surface area contributed by atoms with E-state index in [4.69, 9.17) is 4.74 Å². The van der Waals surface area contributed by atoms with Gasteiger partial charge in [-0.2, -0.15) is 0 Å². The molecule has 5 nitrogen and oxygen atoms in total. The van der Waals surface area contributed by atoms with Crippen molar-refractivity contribution in [3.8, 4) is 0 Å². The fourth-order valence-electron chi connectivity index (χ4n) is 3.36. The molecule has 1 atom stereocenters. The average Bonchev–Trinajstić information content (AvgIpc) is 3.37. The van der Waals surface area contributed by atoms with Crippen molar-refractivity contribution in [3.05, 3.63) is 83.2 Å². The summed E-state index contributed by atoms with van der Waals surface area (Å²) in [5, 5.41) is 1.94. The zero-order valence-electron chi connectivity index (χ0n) is 16.7. The van der Waals surface area contributed by atoms with Gasteiger partial charge in [-0.25, -0.2) is 9.79 Å². The summed E-state index contributed by atoms with van der Waals surface area (Å²) in [4.78, 5) is 33.4. The molecule has 8 heteroatoms. The maximum Gasteiger partial charge on any atom is 0.338 e. The molecule has 0 unspecified atom stereocenters. The van der Waals surface area contributed by atoms with Crippen LogP contribution in [-0.4, -0.2) is 23.4 Å². The third-order valence-electron chi connectivity index (χ3n) is 4.74. The molecule has 30 heavy (non-hydrogen) atoms. The number of thiophene rings is 1. The summed E-state index contributed by atoms with van der Waals surface area (Å²) in [5.74, 6) is -0.431. The van der Waals surface area contributed by atoms with Gasteiger partial charge in [0.1, 0.15) is 6.04 Å². The van der Waals surface area contributed by atoms with Gasteiger partial charge < -0.3 is 4.74 Å². The summed E-state index contributed by atoms with van der Waals surface area (Å²) in [6.07, 6.45) is 3.91. The van der Waals surface area contributed by atoms with Gasteiger partial charge in [-0.3, -0.25) is 9.36 Å². The number of carbonyl (C=O) groups excluding carboxylic acids is 1. The van der Waals surface area contributed by atoms with Crippen molar-refractivity contribution in [1.82, 2.24) is 4.57 Å². The first kappa shape index (κ1) is 20.8. The smallest absolute Gasteiger partial charge is 0.338 e. The minimum atomic E-state index is -0.527. The Balaban J connectivity index is 1.90. The van der Waals surface area contributed by atoms with E-state index in [1.165, 1.54) is 27.6 Å². The minimum absolute atomic E-state index is 0.152. The van der Waals surface area contributed by atoms with Crippen LogP contribution >= 0.6 is 34.4 Å². The summed E-state index contributed by atoms with van der Waals surface area (Å²) >= 11 is 4.52. The molecule has 0 spiro atoms. The highest BCUT2D eigenvalue weighted by Crippen LogP contribution is 2.33. The topological polar surface area (TPSA) is 60.7 Å². The van der Waals surface area contributed by atoms with Gasteiger partial charge in [-0.05, 0) is 55.3 Å². The van der Waals surface area contributed by atoms with Crippen molar-refractivity contribution in [2.75, 3.05) is 12.9 Å². The van der Waals surface area contributed by atoms with Crippen LogP contribution in [-0.2, 0) is 9.53 Å². The summed E-state index contributed by atoms with van der Waals surface area (Å²) in [5.41, 5.74) is 1.80. The molecule has 154 valence electrons. The molecule has 3 aromatic rings. The summed E-state index contributed by atoms with van der Waals surface area (Å²) in [7, 11) is 0. The predicted molar refractivity (Wildman–Crippen MR) is 123 cm³/mol. The number of hydrogen-bond donors (Lipinski definition) is 0. The second kappa shape index (κ2) is 8.75. The monoisotopic (exact) mass is 456 g/mol. The fourth-order valence-corrected chi connectivity index (χ4v) is 5.64. The highest BCUT2D eigenvalue weighted by molar-refractivity contribution is 7.98. The fraction of sp³-hybridized carbons (Fsp3) is 0.227. The lowest BCUT2D eigenvalue weighted by Gasteiger charge is -2.23. The number of fused-ring (bicyclic) bond motifs is 1.